The fourth-order valence-corrected chi connectivity index (χ4v) is 8.94. The number of carbonyl (C=O) groups is 1. The molecule has 2 fully saturated rings. The quantitative estimate of drug-likeness (QED) is 0.160. The van der Waals surface area contributed by atoms with Gasteiger partial charge in [0.1, 0.15) is 22.2 Å². The minimum Gasteiger partial charge on any atom is -0.349 e. The van der Waals surface area contributed by atoms with Crippen LogP contribution >= 0.6 is 0 Å². The molecular formula is C33H29F9N6O4S. The fourth-order valence-electron chi connectivity index (χ4n) is 6.86. The number of hydrogen-bond acceptors (Lipinski definition) is 7. The standard InChI is InChI=1S/C33H29F9N6O4S/c34-23-8-10-24(11-9-23)53(50,51)30(14-17-48(19-30)29(49)47-15-12-20(13-16-47)28-43-45-46-44-28)21-4-6-22(7-5-21)31(32(37,38)39,33(40,41)42)52-18-25-26(35)2-1-3-27(25)36/h1-11,20H,12-19H2,(H,43,44,45,46). The lowest BCUT2D eigenvalue weighted by atomic mass is 9.88. The lowest BCUT2D eigenvalue weighted by Gasteiger charge is -2.38. The number of alkyl halides is 6. The number of benzene rings is 3. The van der Waals surface area contributed by atoms with Gasteiger partial charge in [-0.05, 0) is 61.2 Å². The molecule has 6 rings (SSSR count). The smallest absolute Gasteiger partial charge is 0.349 e. The van der Waals surface area contributed by atoms with E-state index in [1.54, 1.807) is 0 Å². The van der Waals surface area contributed by atoms with Gasteiger partial charge in [0.2, 0.25) is 0 Å². The van der Waals surface area contributed by atoms with E-state index in [2.05, 4.69) is 25.4 Å². The Morgan fingerprint density at radius 1 is 0.849 bits per heavy atom. The average molecular weight is 777 g/mol. The van der Waals surface area contributed by atoms with Crippen molar-refractivity contribution in [3.05, 3.63) is 107 Å². The van der Waals surface area contributed by atoms with Crippen LogP contribution in [0.25, 0.3) is 0 Å². The predicted octanol–water partition coefficient (Wildman–Crippen LogP) is 6.53. The first-order valence-corrected chi connectivity index (χ1v) is 17.5. The summed E-state index contributed by atoms with van der Waals surface area (Å²) in [6.45, 7) is -2.00. The van der Waals surface area contributed by atoms with Crippen molar-refractivity contribution in [2.75, 3.05) is 26.2 Å². The van der Waals surface area contributed by atoms with Crippen LogP contribution in [0.3, 0.4) is 0 Å². The van der Waals surface area contributed by atoms with Crippen LogP contribution in [0.4, 0.5) is 44.3 Å². The van der Waals surface area contributed by atoms with Crippen LogP contribution in [0, 0.1) is 17.5 Å². The molecule has 1 atom stereocenters. The number of piperidine rings is 1. The maximum atomic E-state index is 14.6. The molecule has 2 aliphatic heterocycles. The van der Waals surface area contributed by atoms with Crippen LogP contribution in [-0.4, -0.2) is 83.4 Å². The summed E-state index contributed by atoms with van der Waals surface area (Å²) in [6, 6.07) is 7.49. The summed E-state index contributed by atoms with van der Waals surface area (Å²) in [7, 11) is -4.63. The Labute approximate surface area is 295 Å². The van der Waals surface area contributed by atoms with E-state index in [-0.39, 0.29) is 37.5 Å². The maximum Gasteiger partial charge on any atom is 0.430 e. The molecule has 20 heteroatoms. The van der Waals surface area contributed by atoms with Crippen molar-refractivity contribution in [3.8, 4) is 0 Å². The largest absolute Gasteiger partial charge is 0.430 e. The molecule has 2 aliphatic rings. The molecule has 3 heterocycles. The van der Waals surface area contributed by atoms with Gasteiger partial charge in [-0.3, -0.25) is 0 Å². The highest BCUT2D eigenvalue weighted by atomic mass is 32.2. The number of likely N-dealkylation sites (tertiary alicyclic amines) is 2. The molecular weight excluding hydrogens is 747 g/mol. The molecule has 2 saturated heterocycles. The van der Waals surface area contributed by atoms with Gasteiger partial charge < -0.3 is 14.5 Å². The molecule has 0 bridgehead atoms. The van der Waals surface area contributed by atoms with Gasteiger partial charge in [-0.25, -0.2) is 26.4 Å². The number of sulfone groups is 1. The van der Waals surface area contributed by atoms with Crippen LogP contribution in [0.1, 0.15) is 47.7 Å². The Balaban J connectivity index is 1.36. The lowest BCUT2D eigenvalue weighted by molar-refractivity contribution is -0.392. The highest BCUT2D eigenvalue weighted by Crippen LogP contribution is 2.54. The molecule has 4 aromatic rings. The molecule has 2 amide bonds. The van der Waals surface area contributed by atoms with Crippen LogP contribution in [0.15, 0.2) is 71.6 Å². The third-order valence-corrected chi connectivity index (χ3v) is 12.2. The Morgan fingerprint density at radius 2 is 1.45 bits per heavy atom. The zero-order valence-electron chi connectivity index (χ0n) is 27.3. The SMILES string of the molecule is O=C(N1CCC(c2nn[nH]n2)CC1)N1CCC(c2ccc(C(OCc3c(F)cccc3F)(C(F)(F)F)C(F)(F)F)cc2)(S(=O)(=O)c2ccc(F)cc2)C1. The number of carbonyl (C=O) groups excluding carboxylic acids is 1. The van der Waals surface area contributed by atoms with Gasteiger partial charge in [-0.2, -0.15) is 31.6 Å². The van der Waals surface area contributed by atoms with Crippen molar-refractivity contribution < 1.29 is 57.5 Å². The normalized spacial score (nSPS) is 19.2. The average Bonchev–Trinajstić information content (AvgIpc) is 3.81. The molecule has 0 saturated carbocycles. The third kappa shape index (κ3) is 6.70. The molecule has 53 heavy (non-hydrogen) atoms. The maximum absolute atomic E-state index is 14.6. The number of nitrogens with one attached hydrogen (secondary N) is 1. The van der Waals surface area contributed by atoms with Crippen molar-refractivity contribution >= 4 is 15.9 Å². The van der Waals surface area contributed by atoms with Gasteiger partial charge in [-0.15, -0.1) is 10.2 Å². The van der Waals surface area contributed by atoms with Crippen LogP contribution in [0.5, 0.6) is 0 Å². The number of rotatable bonds is 8. The van der Waals surface area contributed by atoms with Crippen LogP contribution in [-0.2, 0) is 31.5 Å². The Bertz CT molecular complexity index is 2000. The summed E-state index contributed by atoms with van der Waals surface area (Å²) in [6.07, 6.45) is -11.9. The molecule has 1 N–H and O–H groups in total. The number of aromatic amines is 1. The number of aromatic nitrogens is 4. The van der Waals surface area contributed by atoms with Gasteiger partial charge in [0, 0.05) is 43.2 Å². The molecule has 0 spiro atoms. The Kier molecular flexibility index (Phi) is 9.99. The number of nitrogens with zero attached hydrogens (tertiary/aromatic N) is 5. The number of halogens is 9. The Hall–Kier alpha value is -4.72. The van der Waals surface area contributed by atoms with Crippen molar-refractivity contribution in [1.29, 1.82) is 0 Å². The van der Waals surface area contributed by atoms with Gasteiger partial charge in [-0.1, -0.05) is 35.5 Å². The van der Waals surface area contributed by atoms with Crippen molar-refractivity contribution in [1.82, 2.24) is 30.4 Å². The first-order valence-electron chi connectivity index (χ1n) is 16.0. The first-order chi connectivity index (χ1) is 24.9. The van der Waals surface area contributed by atoms with Gasteiger partial charge in [0.15, 0.2) is 15.7 Å². The number of ether oxygens (including phenoxy) is 1. The van der Waals surface area contributed by atoms with E-state index in [0.717, 1.165) is 42.5 Å². The summed E-state index contributed by atoms with van der Waals surface area (Å²) in [5, 5.41) is 13.8. The summed E-state index contributed by atoms with van der Waals surface area (Å²) in [4.78, 5) is 16.0. The van der Waals surface area contributed by atoms with E-state index in [0.29, 0.717) is 42.9 Å². The van der Waals surface area contributed by atoms with Crippen molar-refractivity contribution in [2.45, 2.75) is 59.4 Å². The van der Waals surface area contributed by atoms with E-state index >= 15 is 0 Å². The Morgan fingerprint density at radius 3 is 2.00 bits per heavy atom. The zero-order valence-corrected chi connectivity index (χ0v) is 28.1. The first kappa shape index (κ1) is 38.0. The molecule has 0 radical (unpaired) electrons. The number of amides is 2. The van der Waals surface area contributed by atoms with Gasteiger partial charge in [0.25, 0.3) is 5.60 Å². The molecule has 1 unspecified atom stereocenters. The van der Waals surface area contributed by atoms with Crippen molar-refractivity contribution in [2.24, 2.45) is 0 Å². The molecule has 1 aromatic heterocycles. The minimum atomic E-state index is -6.24. The van der Waals surface area contributed by atoms with Crippen LogP contribution in [0.2, 0.25) is 0 Å². The molecule has 284 valence electrons. The minimum absolute atomic E-state index is 0.0944. The van der Waals surface area contributed by atoms with Crippen molar-refractivity contribution in [3.63, 3.8) is 0 Å². The molecule has 0 aliphatic carbocycles. The summed E-state index contributed by atoms with van der Waals surface area (Å²) in [5.41, 5.74) is -8.11. The number of urea groups is 1. The summed E-state index contributed by atoms with van der Waals surface area (Å²) < 4.78 is 161. The zero-order chi connectivity index (χ0) is 38.4. The second-order valence-electron chi connectivity index (χ2n) is 12.7. The molecule has 3 aromatic carbocycles. The summed E-state index contributed by atoms with van der Waals surface area (Å²) >= 11 is 0. The number of hydrogen-bond donors (Lipinski definition) is 1. The lowest BCUT2D eigenvalue weighted by Crippen LogP contribution is -2.56. The third-order valence-electron chi connectivity index (χ3n) is 9.74. The number of H-pyrrole nitrogens is 1. The fraction of sp³-hybridized carbons (Fsp3) is 0.394. The van der Waals surface area contributed by atoms with E-state index in [1.807, 2.05) is 0 Å². The van der Waals surface area contributed by atoms with E-state index in [1.165, 1.54) is 9.80 Å². The monoisotopic (exact) mass is 776 g/mol. The topological polar surface area (TPSA) is 121 Å². The second kappa shape index (κ2) is 13.9. The highest BCUT2D eigenvalue weighted by Gasteiger charge is 2.73. The van der Waals surface area contributed by atoms with E-state index < -0.39 is 85.2 Å². The number of tetrazole rings is 1. The highest BCUT2D eigenvalue weighted by molar-refractivity contribution is 7.92. The van der Waals surface area contributed by atoms with Gasteiger partial charge in [0.05, 0.1) is 11.5 Å². The van der Waals surface area contributed by atoms with E-state index in [4.69, 9.17) is 0 Å². The van der Waals surface area contributed by atoms with Crippen LogP contribution < -0.4 is 0 Å². The predicted molar refractivity (Wildman–Crippen MR) is 166 cm³/mol. The molecule has 10 nitrogen and oxygen atoms in total. The van der Waals surface area contributed by atoms with E-state index in [9.17, 15) is 52.7 Å². The van der Waals surface area contributed by atoms with Gasteiger partial charge >= 0.3 is 18.4 Å². The second-order valence-corrected chi connectivity index (χ2v) is 14.9. The summed E-state index contributed by atoms with van der Waals surface area (Å²) in [5.74, 6) is -3.29.